The number of carbonyl (C=O) groups excluding carboxylic acids is 1. The highest BCUT2D eigenvalue weighted by atomic mass is 16.4. The van der Waals surface area contributed by atoms with Gasteiger partial charge in [-0.1, -0.05) is 0 Å². The molecule has 0 saturated carbocycles. The molecule has 0 saturated heterocycles. The maximum atomic E-state index is 10.5. The number of pyridine rings is 1. The second-order valence-electron chi connectivity index (χ2n) is 2.72. The summed E-state index contributed by atoms with van der Waals surface area (Å²) in [5.41, 5.74) is 0.731. The first-order valence-corrected chi connectivity index (χ1v) is 4.05. The lowest BCUT2D eigenvalue weighted by Gasteiger charge is -2.13. The van der Waals surface area contributed by atoms with Gasteiger partial charge in [0.2, 0.25) is 6.41 Å². The zero-order valence-corrected chi connectivity index (χ0v) is 7.38. The van der Waals surface area contributed by atoms with Crippen LogP contribution in [0.25, 0.3) is 0 Å². The number of nitrogens with one attached hydrogen (secondary N) is 1. The molecule has 5 nitrogen and oxygen atoms in total. The van der Waals surface area contributed by atoms with Crippen molar-refractivity contribution in [3.05, 3.63) is 30.1 Å². The van der Waals surface area contributed by atoms with Crippen molar-refractivity contribution in [3.63, 3.8) is 0 Å². The number of carbonyl (C=O) groups is 2. The normalized spacial score (nSPS) is 11.7. The van der Waals surface area contributed by atoms with E-state index in [1.165, 1.54) is 0 Å². The van der Waals surface area contributed by atoms with Gasteiger partial charge in [0.15, 0.2) is 0 Å². The van der Waals surface area contributed by atoms with Crippen LogP contribution in [0.2, 0.25) is 0 Å². The highest BCUT2D eigenvalue weighted by Crippen LogP contribution is 2.14. The summed E-state index contributed by atoms with van der Waals surface area (Å²) in [6.07, 6.45) is 3.46. The van der Waals surface area contributed by atoms with E-state index < -0.39 is 12.0 Å². The summed E-state index contributed by atoms with van der Waals surface area (Å²) in [7, 11) is 0. The molecule has 1 aromatic heterocycles. The number of amides is 1. The van der Waals surface area contributed by atoms with Crippen LogP contribution in [0.15, 0.2) is 24.5 Å². The quantitative estimate of drug-likeness (QED) is 0.662. The van der Waals surface area contributed by atoms with Crippen molar-refractivity contribution in [2.75, 3.05) is 0 Å². The summed E-state index contributed by atoms with van der Waals surface area (Å²) < 4.78 is 0. The van der Waals surface area contributed by atoms with Crippen LogP contribution in [-0.2, 0) is 9.59 Å². The molecule has 14 heavy (non-hydrogen) atoms. The molecule has 0 aliphatic heterocycles. The minimum Gasteiger partial charge on any atom is -0.481 e. The molecular weight excluding hydrogens is 184 g/mol. The minimum atomic E-state index is -0.957. The van der Waals surface area contributed by atoms with E-state index in [0.29, 0.717) is 6.41 Å². The Bertz CT molecular complexity index is 313. The number of hydrogen-bond donors (Lipinski definition) is 2. The molecule has 1 amide bonds. The Hall–Kier alpha value is -1.91. The summed E-state index contributed by atoms with van der Waals surface area (Å²) in [6, 6.07) is 2.85. The predicted molar refractivity (Wildman–Crippen MR) is 48.4 cm³/mol. The zero-order chi connectivity index (χ0) is 10.4. The van der Waals surface area contributed by atoms with Crippen molar-refractivity contribution in [2.24, 2.45) is 0 Å². The average molecular weight is 194 g/mol. The van der Waals surface area contributed by atoms with E-state index in [4.69, 9.17) is 5.11 Å². The van der Waals surface area contributed by atoms with Crippen molar-refractivity contribution >= 4 is 12.4 Å². The molecule has 5 heteroatoms. The molecule has 1 heterocycles. The SMILES string of the molecule is O=CNC(CC(=O)O)c1ccncc1. The molecule has 0 spiro atoms. The first kappa shape index (κ1) is 10.2. The van der Waals surface area contributed by atoms with Gasteiger partial charge in [0.1, 0.15) is 0 Å². The standard InChI is InChI=1S/C9H10N2O3/c12-6-11-8(5-9(13)14)7-1-3-10-4-2-7/h1-4,6,8H,5H2,(H,11,12)(H,13,14). The number of hydrogen-bond acceptors (Lipinski definition) is 3. The van der Waals surface area contributed by atoms with Crippen molar-refractivity contribution in [3.8, 4) is 0 Å². The second kappa shape index (κ2) is 4.96. The molecule has 1 rings (SSSR count). The van der Waals surface area contributed by atoms with Crippen molar-refractivity contribution in [1.29, 1.82) is 0 Å². The van der Waals surface area contributed by atoms with Crippen LogP contribution in [0.1, 0.15) is 18.0 Å². The van der Waals surface area contributed by atoms with Crippen LogP contribution in [0.5, 0.6) is 0 Å². The van der Waals surface area contributed by atoms with Crippen LogP contribution in [0, 0.1) is 0 Å². The van der Waals surface area contributed by atoms with Gasteiger partial charge in [0.05, 0.1) is 12.5 Å². The predicted octanol–water partition coefficient (Wildman–Crippen LogP) is 0.343. The van der Waals surface area contributed by atoms with E-state index in [1.54, 1.807) is 24.5 Å². The first-order valence-electron chi connectivity index (χ1n) is 4.05. The molecular formula is C9H10N2O3. The van der Waals surface area contributed by atoms with Gasteiger partial charge in [-0.15, -0.1) is 0 Å². The van der Waals surface area contributed by atoms with Crippen LogP contribution in [0.3, 0.4) is 0 Å². The largest absolute Gasteiger partial charge is 0.481 e. The Morgan fingerprint density at radius 1 is 1.57 bits per heavy atom. The van der Waals surface area contributed by atoms with Crippen LogP contribution >= 0.6 is 0 Å². The minimum absolute atomic E-state index is 0.136. The van der Waals surface area contributed by atoms with Gasteiger partial charge < -0.3 is 10.4 Å². The second-order valence-corrected chi connectivity index (χ2v) is 2.72. The number of aliphatic carboxylic acids is 1. The summed E-state index contributed by atoms with van der Waals surface area (Å²) in [5.74, 6) is -0.957. The average Bonchev–Trinajstić information content (AvgIpc) is 2.18. The lowest BCUT2D eigenvalue weighted by molar-refractivity contribution is -0.137. The van der Waals surface area contributed by atoms with Gasteiger partial charge in [-0.05, 0) is 17.7 Å². The van der Waals surface area contributed by atoms with Crippen LogP contribution in [-0.4, -0.2) is 22.5 Å². The lowest BCUT2D eigenvalue weighted by atomic mass is 10.1. The third-order valence-electron chi connectivity index (χ3n) is 1.76. The molecule has 0 fully saturated rings. The maximum absolute atomic E-state index is 10.5. The highest BCUT2D eigenvalue weighted by molar-refractivity contribution is 5.68. The Morgan fingerprint density at radius 2 is 2.21 bits per heavy atom. The van der Waals surface area contributed by atoms with Crippen LogP contribution < -0.4 is 5.32 Å². The van der Waals surface area contributed by atoms with Gasteiger partial charge in [0.25, 0.3) is 0 Å². The third kappa shape index (κ3) is 2.85. The molecule has 1 aromatic rings. The van der Waals surface area contributed by atoms with E-state index in [9.17, 15) is 9.59 Å². The molecule has 1 unspecified atom stereocenters. The Kier molecular flexibility index (Phi) is 3.60. The fraction of sp³-hybridized carbons (Fsp3) is 0.222. The molecule has 0 aliphatic carbocycles. The van der Waals surface area contributed by atoms with Crippen molar-refractivity contribution in [2.45, 2.75) is 12.5 Å². The van der Waals surface area contributed by atoms with Gasteiger partial charge in [0, 0.05) is 12.4 Å². The van der Waals surface area contributed by atoms with E-state index in [-0.39, 0.29) is 6.42 Å². The Balaban J connectivity index is 2.77. The summed E-state index contributed by atoms with van der Waals surface area (Å²) in [4.78, 5) is 24.5. The zero-order valence-electron chi connectivity index (χ0n) is 7.38. The molecule has 0 aromatic carbocycles. The maximum Gasteiger partial charge on any atom is 0.305 e. The Morgan fingerprint density at radius 3 is 2.71 bits per heavy atom. The molecule has 0 bridgehead atoms. The molecule has 0 radical (unpaired) electrons. The van der Waals surface area contributed by atoms with E-state index in [2.05, 4.69) is 10.3 Å². The molecule has 0 aliphatic rings. The smallest absolute Gasteiger partial charge is 0.305 e. The van der Waals surface area contributed by atoms with Gasteiger partial charge >= 0.3 is 5.97 Å². The van der Waals surface area contributed by atoms with E-state index in [1.807, 2.05) is 0 Å². The number of carboxylic acids is 1. The summed E-state index contributed by atoms with van der Waals surface area (Å²) in [6.45, 7) is 0. The first-order chi connectivity index (χ1) is 6.74. The van der Waals surface area contributed by atoms with Crippen molar-refractivity contribution in [1.82, 2.24) is 10.3 Å². The highest BCUT2D eigenvalue weighted by Gasteiger charge is 2.13. The van der Waals surface area contributed by atoms with Gasteiger partial charge in [-0.3, -0.25) is 14.6 Å². The Labute approximate surface area is 80.8 Å². The lowest BCUT2D eigenvalue weighted by Crippen LogP contribution is -2.22. The monoisotopic (exact) mass is 194 g/mol. The molecule has 1 atom stereocenters. The topological polar surface area (TPSA) is 79.3 Å². The summed E-state index contributed by atoms with van der Waals surface area (Å²) in [5, 5.41) is 11.0. The third-order valence-corrected chi connectivity index (χ3v) is 1.76. The fourth-order valence-corrected chi connectivity index (χ4v) is 1.13. The van der Waals surface area contributed by atoms with Gasteiger partial charge in [-0.25, -0.2) is 0 Å². The number of aromatic nitrogens is 1. The number of rotatable bonds is 5. The number of carboxylic acid groups (broad SMARTS) is 1. The molecule has 74 valence electrons. The van der Waals surface area contributed by atoms with Crippen LogP contribution in [0.4, 0.5) is 0 Å². The molecule has 2 N–H and O–H groups in total. The van der Waals surface area contributed by atoms with E-state index in [0.717, 1.165) is 5.56 Å². The van der Waals surface area contributed by atoms with E-state index >= 15 is 0 Å². The van der Waals surface area contributed by atoms with Gasteiger partial charge in [-0.2, -0.15) is 0 Å². The van der Waals surface area contributed by atoms with Crippen molar-refractivity contribution < 1.29 is 14.7 Å². The number of nitrogens with zero attached hydrogens (tertiary/aromatic N) is 1. The summed E-state index contributed by atoms with van der Waals surface area (Å²) >= 11 is 0. The fourth-order valence-electron chi connectivity index (χ4n) is 1.13.